The fraction of sp³-hybridized carbons (Fsp3) is 0.429. The summed E-state index contributed by atoms with van der Waals surface area (Å²) in [4.78, 5) is 24.6. The maximum absolute atomic E-state index is 13.3. The smallest absolute Gasteiger partial charge is 0.226 e. The first-order valence-corrected chi connectivity index (χ1v) is 6.34. The van der Waals surface area contributed by atoms with E-state index in [1.165, 1.54) is 19.1 Å². The zero-order chi connectivity index (χ0) is 14.3. The zero-order valence-corrected chi connectivity index (χ0v) is 11.3. The average Bonchev–Trinajstić information content (AvgIpc) is 2.37. The Kier molecular flexibility index (Phi) is 5.99. The Morgan fingerprint density at radius 2 is 1.95 bits per heavy atom. The molecule has 0 saturated heterocycles. The lowest BCUT2D eigenvalue weighted by molar-refractivity contribution is -0.129. The second-order valence-electron chi connectivity index (χ2n) is 4.28. The zero-order valence-electron chi connectivity index (χ0n) is 11.3. The number of carbonyl (C=O) groups excluding carboxylic acids is 2. The largest absolute Gasteiger partial charge is 0.342 e. The molecule has 1 rings (SSSR count). The van der Waals surface area contributed by atoms with Crippen LogP contribution in [-0.2, 0) is 9.59 Å². The molecule has 0 aliphatic carbocycles. The van der Waals surface area contributed by atoms with Gasteiger partial charge in [-0.2, -0.15) is 0 Å². The van der Waals surface area contributed by atoms with Gasteiger partial charge in [-0.3, -0.25) is 9.59 Å². The number of para-hydroxylation sites is 1. The quantitative estimate of drug-likeness (QED) is 0.859. The summed E-state index contributed by atoms with van der Waals surface area (Å²) < 4.78 is 13.3. The molecule has 2 amide bonds. The molecule has 0 aliphatic rings. The number of hydrogen-bond donors (Lipinski definition) is 1. The number of carbonyl (C=O) groups is 2. The lowest BCUT2D eigenvalue weighted by Crippen LogP contribution is -2.32. The molecule has 104 valence electrons. The number of benzene rings is 1. The van der Waals surface area contributed by atoms with Gasteiger partial charge in [0.15, 0.2) is 0 Å². The van der Waals surface area contributed by atoms with Gasteiger partial charge < -0.3 is 10.2 Å². The number of rotatable bonds is 6. The van der Waals surface area contributed by atoms with E-state index in [0.717, 1.165) is 6.42 Å². The minimum atomic E-state index is -0.465. The van der Waals surface area contributed by atoms with E-state index in [0.29, 0.717) is 13.1 Å². The van der Waals surface area contributed by atoms with Crippen LogP contribution in [-0.4, -0.2) is 29.8 Å². The normalized spacial score (nSPS) is 10.1. The van der Waals surface area contributed by atoms with E-state index in [-0.39, 0.29) is 23.9 Å². The molecule has 0 heterocycles. The van der Waals surface area contributed by atoms with Crippen LogP contribution in [0.3, 0.4) is 0 Å². The maximum Gasteiger partial charge on any atom is 0.226 e. The number of nitrogens with one attached hydrogen (secondary N) is 1. The molecule has 4 nitrogen and oxygen atoms in total. The average molecular weight is 266 g/mol. The van der Waals surface area contributed by atoms with Gasteiger partial charge in [0.1, 0.15) is 5.82 Å². The molecule has 0 spiro atoms. The van der Waals surface area contributed by atoms with Crippen LogP contribution < -0.4 is 5.32 Å². The number of anilines is 1. The number of amides is 2. The highest BCUT2D eigenvalue weighted by atomic mass is 19.1. The number of hydrogen-bond acceptors (Lipinski definition) is 2. The maximum atomic E-state index is 13.3. The van der Waals surface area contributed by atoms with Crippen molar-refractivity contribution in [3.05, 3.63) is 30.1 Å². The van der Waals surface area contributed by atoms with E-state index in [4.69, 9.17) is 0 Å². The second-order valence-corrected chi connectivity index (χ2v) is 4.28. The molecule has 0 radical (unpaired) electrons. The third kappa shape index (κ3) is 5.07. The fourth-order valence-corrected chi connectivity index (χ4v) is 1.71. The van der Waals surface area contributed by atoms with Crippen LogP contribution in [0.4, 0.5) is 10.1 Å². The second kappa shape index (κ2) is 7.51. The van der Waals surface area contributed by atoms with Crippen LogP contribution in [0.1, 0.15) is 26.7 Å². The molecule has 1 aromatic carbocycles. The summed E-state index contributed by atoms with van der Waals surface area (Å²) >= 11 is 0. The number of nitrogens with zero attached hydrogens (tertiary/aromatic N) is 1. The number of halogens is 1. The summed E-state index contributed by atoms with van der Waals surface area (Å²) in [7, 11) is 0. The first kappa shape index (κ1) is 15.1. The highest BCUT2D eigenvalue weighted by molar-refractivity contribution is 5.91. The van der Waals surface area contributed by atoms with Crippen molar-refractivity contribution in [3.63, 3.8) is 0 Å². The topological polar surface area (TPSA) is 49.4 Å². The molecule has 0 unspecified atom stereocenters. The van der Waals surface area contributed by atoms with Crippen LogP contribution in [0.5, 0.6) is 0 Å². The van der Waals surface area contributed by atoms with E-state index in [1.807, 2.05) is 6.92 Å². The Hall–Kier alpha value is -1.91. The summed E-state index contributed by atoms with van der Waals surface area (Å²) in [5.41, 5.74) is 0.164. The monoisotopic (exact) mass is 266 g/mol. The third-order valence-corrected chi connectivity index (χ3v) is 2.70. The molecule has 5 heteroatoms. The molecule has 1 N–H and O–H groups in total. The van der Waals surface area contributed by atoms with Crippen molar-refractivity contribution in [2.45, 2.75) is 26.7 Å². The molecule has 0 aliphatic heterocycles. The summed E-state index contributed by atoms with van der Waals surface area (Å²) in [6, 6.07) is 6.00. The SMILES string of the molecule is CCCN(CCC(=O)Nc1ccccc1F)C(C)=O. The first-order valence-electron chi connectivity index (χ1n) is 6.34. The van der Waals surface area contributed by atoms with Gasteiger partial charge in [0, 0.05) is 26.4 Å². The molecule has 0 atom stereocenters. The van der Waals surface area contributed by atoms with Crippen LogP contribution >= 0.6 is 0 Å². The minimum absolute atomic E-state index is 0.0551. The molecule has 19 heavy (non-hydrogen) atoms. The van der Waals surface area contributed by atoms with Crippen molar-refractivity contribution in [2.24, 2.45) is 0 Å². The van der Waals surface area contributed by atoms with Gasteiger partial charge in [0.05, 0.1) is 5.69 Å². The van der Waals surface area contributed by atoms with Gasteiger partial charge in [-0.05, 0) is 18.6 Å². The minimum Gasteiger partial charge on any atom is -0.342 e. The molecular weight excluding hydrogens is 247 g/mol. The van der Waals surface area contributed by atoms with Gasteiger partial charge in [-0.1, -0.05) is 19.1 Å². The van der Waals surface area contributed by atoms with Crippen LogP contribution in [0.2, 0.25) is 0 Å². The summed E-state index contributed by atoms with van der Waals surface area (Å²) in [5.74, 6) is -0.819. The molecule has 0 saturated carbocycles. The standard InChI is InChI=1S/C14H19FN2O2/c1-3-9-17(11(2)18)10-8-14(19)16-13-7-5-4-6-12(13)15/h4-7H,3,8-10H2,1-2H3,(H,16,19). The highest BCUT2D eigenvalue weighted by Gasteiger charge is 2.11. The van der Waals surface area contributed by atoms with Crippen molar-refractivity contribution in [1.82, 2.24) is 4.90 Å². The van der Waals surface area contributed by atoms with Crippen molar-refractivity contribution in [2.75, 3.05) is 18.4 Å². The van der Waals surface area contributed by atoms with Gasteiger partial charge in [0.25, 0.3) is 0 Å². The summed E-state index contributed by atoms with van der Waals surface area (Å²) in [6.07, 6.45) is 1.00. The van der Waals surface area contributed by atoms with Gasteiger partial charge in [-0.25, -0.2) is 4.39 Å². The van der Waals surface area contributed by atoms with Crippen LogP contribution in [0.25, 0.3) is 0 Å². The molecule has 0 aromatic heterocycles. The lowest BCUT2D eigenvalue weighted by atomic mass is 10.2. The van der Waals surface area contributed by atoms with E-state index in [9.17, 15) is 14.0 Å². The first-order chi connectivity index (χ1) is 9.04. The molecule has 0 bridgehead atoms. The Balaban J connectivity index is 2.47. The van der Waals surface area contributed by atoms with E-state index in [1.54, 1.807) is 17.0 Å². The van der Waals surface area contributed by atoms with E-state index >= 15 is 0 Å². The van der Waals surface area contributed by atoms with Gasteiger partial charge in [-0.15, -0.1) is 0 Å². The van der Waals surface area contributed by atoms with Crippen molar-refractivity contribution < 1.29 is 14.0 Å². The van der Waals surface area contributed by atoms with E-state index in [2.05, 4.69) is 5.32 Å². The van der Waals surface area contributed by atoms with Crippen LogP contribution in [0.15, 0.2) is 24.3 Å². The third-order valence-electron chi connectivity index (χ3n) is 2.70. The highest BCUT2D eigenvalue weighted by Crippen LogP contribution is 2.12. The van der Waals surface area contributed by atoms with Crippen molar-refractivity contribution >= 4 is 17.5 Å². The van der Waals surface area contributed by atoms with Crippen molar-refractivity contribution in [3.8, 4) is 0 Å². The van der Waals surface area contributed by atoms with Gasteiger partial charge >= 0.3 is 0 Å². The Morgan fingerprint density at radius 3 is 2.53 bits per heavy atom. The van der Waals surface area contributed by atoms with Gasteiger partial charge in [0.2, 0.25) is 11.8 Å². The summed E-state index contributed by atoms with van der Waals surface area (Å²) in [6.45, 7) is 4.42. The Bertz CT molecular complexity index is 449. The molecular formula is C14H19FN2O2. The summed E-state index contributed by atoms with van der Waals surface area (Å²) in [5, 5.41) is 2.49. The van der Waals surface area contributed by atoms with Crippen molar-refractivity contribution in [1.29, 1.82) is 0 Å². The van der Waals surface area contributed by atoms with E-state index < -0.39 is 5.82 Å². The lowest BCUT2D eigenvalue weighted by Gasteiger charge is -2.19. The molecule has 0 fully saturated rings. The Labute approximate surface area is 112 Å². The van der Waals surface area contributed by atoms with Crippen LogP contribution in [0, 0.1) is 5.82 Å². The molecule has 1 aromatic rings. The predicted molar refractivity (Wildman–Crippen MR) is 72.2 cm³/mol. The Morgan fingerprint density at radius 1 is 1.26 bits per heavy atom. The fourth-order valence-electron chi connectivity index (χ4n) is 1.71. The predicted octanol–water partition coefficient (Wildman–Crippen LogP) is 2.41.